The van der Waals surface area contributed by atoms with Gasteiger partial charge in [-0.3, -0.25) is 0 Å². The largest absolute Gasteiger partial charge is 0.497 e. The molecule has 0 bridgehead atoms. The number of benzene rings is 1. The van der Waals surface area contributed by atoms with Gasteiger partial charge in [-0.25, -0.2) is 0 Å². The van der Waals surface area contributed by atoms with Crippen LogP contribution in [-0.4, -0.2) is 12.2 Å². The third-order valence-corrected chi connectivity index (χ3v) is 1.87. The third kappa shape index (κ3) is 5.81. The number of rotatable bonds is 5. The predicted octanol–water partition coefficient (Wildman–Crippen LogP) is 4.04. The lowest BCUT2D eigenvalue weighted by molar-refractivity contribution is 0.131. The summed E-state index contributed by atoms with van der Waals surface area (Å²) in [5, 5.41) is 0. The maximum Gasteiger partial charge on any atom is 0.120 e. The molecule has 0 heterocycles. The highest BCUT2D eigenvalue weighted by atomic mass is 16.5. The molecule has 0 saturated carbocycles. The molecular formula is C15H20O2. The fourth-order valence-electron chi connectivity index (χ4n) is 1.25. The average Bonchev–Trinajstić information content (AvgIpc) is 2.25. The molecule has 0 unspecified atom stereocenters. The molecular weight excluding hydrogens is 212 g/mol. The Morgan fingerprint density at radius 2 is 1.82 bits per heavy atom. The van der Waals surface area contributed by atoms with Gasteiger partial charge in [0.2, 0.25) is 0 Å². The summed E-state index contributed by atoms with van der Waals surface area (Å²) in [7, 11) is 0. The van der Waals surface area contributed by atoms with Crippen molar-refractivity contribution in [3.63, 3.8) is 0 Å². The Morgan fingerprint density at radius 3 is 2.35 bits per heavy atom. The van der Waals surface area contributed by atoms with Gasteiger partial charge in [-0.05, 0) is 44.5 Å². The number of ether oxygens (including phenoxy) is 2. The summed E-state index contributed by atoms with van der Waals surface area (Å²) in [5.74, 6) is 0.877. The zero-order chi connectivity index (χ0) is 12.7. The number of hydrogen-bond acceptors (Lipinski definition) is 2. The third-order valence-electron chi connectivity index (χ3n) is 1.87. The van der Waals surface area contributed by atoms with Crippen molar-refractivity contribution in [2.24, 2.45) is 0 Å². The predicted molar refractivity (Wildman–Crippen MR) is 72.0 cm³/mol. The smallest absolute Gasteiger partial charge is 0.120 e. The van der Waals surface area contributed by atoms with E-state index >= 15 is 0 Å². The van der Waals surface area contributed by atoms with E-state index in [-0.39, 0.29) is 5.60 Å². The zero-order valence-electron chi connectivity index (χ0n) is 10.8. The van der Waals surface area contributed by atoms with Crippen LogP contribution in [0.5, 0.6) is 5.75 Å². The first kappa shape index (κ1) is 13.4. The minimum absolute atomic E-state index is 0.162. The monoisotopic (exact) mass is 232 g/mol. The molecule has 0 saturated heterocycles. The van der Waals surface area contributed by atoms with Crippen LogP contribution in [0.1, 0.15) is 26.3 Å². The van der Waals surface area contributed by atoms with E-state index in [1.54, 1.807) is 12.3 Å². The topological polar surface area (TPSA) is 18.5 Å². The molecule has 92 valence electrons. The van der Waals surface area contributed by atoms with Gasteiger partial charge in [0, 0.05) is 0 Å². The van der Waals surface area contributed by atoms with E-state index in [4.69, 9.17) is 9.47 Å². The van der Waals surface area contributed by atoms with Gasteiger partial charge in [-0.15, -0.1) is 0 Å². The molecule has 0 aliphatic carbocycles. The Bertz CT molecular complexity index is 369. The van der Waals surface area contributed by atoms with Crippen LogP contribution in [0.25, 0.3) is 6.08 Å². The first-order chi connectivity index (χ1) is 8.01. The second-order valence-electron chi connectivity index (χ2n) is 4.71. The molecule has 0 fully saturated rings. The highest BCUT2D eigenvalue weighted by molar-refractivity contribution is 5.49. The van der Waals surface area contributed by atoms with E-state index in [0.29, 0.717) is 6.61 Å². The lowest BCUT2D eigenvalue weighted by Gasteiger charge is -2.21. The minimum atomic E-state index is -0.162. The number of hydrogen-bond donors (Lipinski definition) is 0. The quantitative estimate of drug-likeness (QED) is 0.433. The van der Waals surface area contributed by atoms with Gasteiger partial charge in [0.15, 0.2) is 0 Å². The Balaban J connectivity index is 2.56. The SMILES string of the molecule is C=CCOC=Cc1ccc(OC(C)(C)C)cc1. The van der Waals surface area contributed by atoms with Gasteiger partial charge in [-0.2, -0.15) is 0 Å². The van der Waals surface area contributed by atoms with E-state index in [9.17, 15) is 0 Å². The lowest BCUT2D eigenvalue weighted by Crippen LogP contribution is -2.22. The standard InChI is InChI=1S/C15H20O2/c1-5-11-16-12-10-13-6-8-14(9-7-13)17-15(2,3)4/h5-10,12H,1,11H2,2-4H3. The average molecular weight is 232 g/mol. The summed E-state index contributed by atoms with van der Waals surface area (Å²) in [6.45, 7) is 10.2. The second kappa shape index (κ2) is 6.14. The van der Waals surface area contributed by atoms with Crippen molar-refractivity contribution in [2.75, 3.05) is 6.61 Å². The van der Waals surface area contributed by atoms with Crippen molar-refractivity contribution in [1.82, 2.24) is 0 Å². The van der Waals surface area contributed by atoms with Crippen LogP contribution in [0.3, 0.4) is 0 Å². The van der Waals surface area contributed by atoms with Crippen LogP contribution < -0.4 is 4.74 Å². The molecule has 0 radical (unpaired) electrons. The summed E-state index contributed by atoms with van der Waals surface area (Å²) in [4.78, 5) is 0. The second-order valence-corrected chi connectivity index (χ2v) is 4.71. The van der Waals surface area contributed by atoms with Crippen LogP contribution in [0.15, 0.2) is 43.2 Å². The molecule has 2 heteroatoms. The van der Waals surface area contributed by atoms with Crippen molar-refractivity contribution in [1.29, 1.82) is 0 Å². The van der Waals surface area contributed by atoms with Crippen LogP contribution in [0.2, 0.25) is 0 Å². The maximum atomic E-state index is 5.73. The molecule has 0 aromatic heterocycles. The summed E-state index contributed by atoms with van der Waals surface area (Å²) < 4.78 is 10.9. The van der Waals surface area contributed by atoms with E-state index in [1.807, 2.05) is 51.1 Å². The summed E-state index contributed by atoms with van der Waals surface area (Å²) >= 11 is 0. The first-order valence-electron chi connectivity index (χ1n) is 5.69. The molecule has 0 atom stereocenters. The van der Waals surface area contributed by atoms with Crippen molar-refractivity contribution < 1.29 is 9.47 Å². The Morgan fingerprint density at radius 1 is 1.18 bits per heavy atom. The molecule has 0 aliphatic heterocycles. The maximum absolute atomic E-state index is 5.73. The molecule has 0 spiro atoms. The summed E-state index contributed by atoms with van der Waals surface area (Å²) in [6.07, 6.45) is 5.29. The van der Waals surface area contributed by atoms with E-state index < -0.39 is 0 Å². The van der Waals surface area contributed by atoms with E-state index in [0.717, 1.165) is 11.3 Å². The molecule has 2 nitrogen and oxygen atoms in total. The van der Waals surface area contributed by atoms with E-state index in [1.165, 1.54) is 0 Å². The Hall–Kier alpha value is -1.70. The molecule has 1 aromatic carbocycles. The van der Waals surface area contributed by atoms with Crippen LogP contribution in [0.4, 0.5) is 0 Å². The molecule has 0 amide bonds. The molecule has 0 aliphatic rings. The molecule has 1 rings (SSSR count). The van der Waals surface area contributed by atoms with E-state index in [2.05, 4.69) is 6.58 Å². The highest BCUT2D eigenvalue weighted by Gasteiger charge is 2.10. The fraction of sp³-hybridized carbons (Fsp3) is 0.333. The summed E-state index contributed by atoms with van der Waals surface area (Å²) in [5.41, 5.74) is 0.917. The molecule has 17 heavy (non-hydrogen) atoms. The van der Waals surface area contributed by atoms with Crippen molar-refractivity contribution in [3.05, 3.63) is 48.7 Å². The van der Waals surface area contributed by atoms with Crippen LogP contribution in [0, 0.1) is 0 Å². The summed E-state index contributed by atoms with van der Waals surface area (Å²) in [6, 6.07) is 7.90. The van der Waals surface area contributed by atoms with Crippen molar-refractivity contribution in [3.8, 4) is 5.75 Å². The van der Waals surface area contributed by atoms with Crippen LogP contribution >= 0.6 is 0 Å². The van der Waals surface area contributed by atoms with Gasteiger partial charge < -0.3 is 9.47 Å². The normalized spacial score (nSPS) is 11.5. The van der Waals surface area contributed by atoms with Gasteiger partial charge in [0.05, 0.1) is 6.26 Å². The fourth-order valence-corrected chi connectivity index (χ4v) is 1.25. The van der Waals surface area contributed by atoms with Crippen molar-refractivity contribution in [2.45, 2.75) is 26.4 Å². The van der Waals surface area contributed by atoms with Gasteiger partial charge in [0.1, 0.15) is 18.0 Å². The zero-order valence-corrected chi connectivity index (χ0v) is 10.8. The van der Waals surface area contributed by atoms with Gasteiger partial charge in [-0.1, -0.05) is 24.8 Å². The Kier molecular flexibility index (Phi) is 4.83. The highest BCUT2D eigenvalue weighted by Crippen LogP contribution is 2.18. The van der Waals surface area contributed by atoms with Crippen LogP contribution in [-0.2, 0) is 4.74 Å². The Labute approximate surface area is 104 Å². The minimum Gasteiger partial charge on any atom is -0.497 e. The molecule has 0 N–H and O–H groups in total. The van der Waals surface area contributed by atoms with Crippen molar-refractivity contribution >= 4 is 6.08 Å². The van der Waals surface area contributed by atoms with Gasteiger partial charge in [0.25, 0.3) is 0 Å². The van der Waals surface area contributed by atoms with Gasteiger partial charge >= 0.3 is 0 Å². The first-order valence-corrected chi connectivity index (χ1v) is 5.69. The molecule has 1 aromatic rings. The lowest BCUT2D eigenvalue weighted by atomic mass is 10.1.